The second kappa shape index (κ2) is 8.38. The summed E-state index contributed by atoms with van der Waals surface area (Å²) in [7, 11) is 0. The first-order valence-corrected chi connectivity index (χ1v) is 5.90. The summed E-state index contributed by atoms with van der Waals surface area (Å²) in [6.07, 6.45) is 0. The number of rotatable bonds is 4. The molecule has 2 rings (SSSR count). The number of hydrogen-bond donors (Lipinski definition) is 2. The van der Waals surface area contributed by atoms with Crippen LogP contribution in [-0.2, 0) is 11.3 Å². The molecule has 0 spiro atoms. The summed E-state index contributed by atoms with van der Waals surface area (Å²) in [5, 5.41) is 9.12. The Hall–Kier alpha value is -0.810. The minimum atomic E-state index is -0.726. The lowest BCUT2D eigenvalue weighted by Crippen LogP contribution is -2.27. The van der Waals surface area contributed by atoms with Crippen molar-refractivity contribution in [2.24, 2.45) is 17.6 Å². The van der Waals surface area contributed by atoms with E-state index in [4.69, 9.17) is 10.8 Å². The average Bonchev–Trinajstić information content (AvgIpc) is 2.73. The standard InChI is InChI=1S/C13H18N2O2.2ClH/c14-6-11-8-15(9-12(11)13(16)17)7-10-4-2-1-3-5-10;;/h1-5,11-12H,6-9,14H2,(H,16,17);2*1H/t11-,12-;;/m0../s1. The Bertz CT molecular complexity index is 389. The lowest BCUT2D eigenvalue weighted by Gasteiger charge is -2.15. The molecule has 1 aliphatic heterocycles. The molecule has 2 atom stereocenters. The van der Waals surface area contributed by atoms with Crippen molar-refractivity contribution in [3.05, 3.63) is 35.9 Å². The van der Waals surface area contributed by atoms with Crippen molar-refractivity contribution in [2.45, 2.75) is 6.54 Å². The van der Waals surface area contributed by atoms with Crippen LogP contribution in [-0.4, -0.2) is 35.6 Å². The Labute approximate surface area is 125 Å². The molecule has 6 heteroatoms. The molecule has 1 aromatic rings. The summed E-state index contributed by atoms with van der Waals surface area (Å²) in [5.41, 5.74) is 6.84. The van der Waals surface area contributed by atoms with Crippen LogP contribution in [0.25, 0.3) is 0 Å². The number of carbonyl (C=O) groups is 1. The Morgan fingerprint density at radius 2 is 1.89 bits per heavy atom. The van der Waals surface area contributed by atoms with Crippen LogP contribution in [0.4, 0.5) is 0 Å². The quantitative estimate of drug-likeness (QED) is 0.887. The number of benzene rings is 1. The van der Waals surface area contributed by atoms with Gasteiger partial charge < -0.3 is 10.8 Å². The predicted molar refractivity (Wildman–Crippen MR) is 79.9 cm³/mol. The van der Waals surface area contributed by atoms with Gasteiger partial charge in [0.05, 0.1) is 5.92 Å². The third-order valence-corrected chi connectivity index (χ3v) is 3.39. The number of carboxylic acid groups (broad SMARTS) is 1. The fourth-order valence-electron chi connectivity index (χ4n) is 2.45. The van der Waals surface area contributed by atoms with Crippen molar-refractivity contribution in [2.75, 3.05) is 19.6 Å². The van der Waals surface area contributed by atoms with Crippen LogP contribution in [0.15, 0.2) is 30.3 Å². The third kappa shape index (κ3) is 4.66. The maximum atomic E-state index is 11.1. The summed E-state index contributed by atoms with van der Waals surface area (Å²) < 4.78 is 0. The topological polar surface area (TPSA) is 66.6 Å². The molecule has 0 unspecified atom stereocenters. The fraction of sp³-hybridized carbons (Fsp3) is 0.462. The summed E-state index contributed by atoms with van der Waals surface area (Å²) >= 11 is 0. The molecule has 1 heterocycles. The van der Waals surface area contributed by atoms with Gasteiger partial charge >= 0.3 is 5.97 Å². The zero-order chi connectivity index (χ0) is 12.3. The maximum Gasteiger partial charge on any atom is 0.308 e. The summed E-state index contributed by atoms with van der Waals surface area (Å²) in [6, 6.07) is 10.1. The van der Waals surface area contributed by atoms with Crippen molar-refractivity contribution in [1.29, 1.82) is 0 Å². The van der Waals surface area contributed by atoms with Crippen LogP contribution in [0.2, 0.25) is 0 Å². The molecule has 0 saturated carbocycles. The number of hydrogen-bond acceptors (Lipinski definition) is 3. The third-order valence-electron chi connectivity index (χ3n) is 3.39. The van der Waals surface area contributed by atoms with Gasteiger partial charge in [0.15, 0.2) is 0 Å². The summed E-state index contributed by atoms with van der Waals surface area (Å²) in [4.78, 5) is 13.3. The van der Waals surface area contributed by atoms with Gasteiger partial charge in [-0.3, -0.25) is 9.69 Å². The van der Waals surface area contributed by atoms with Gasteiger partial charge in [0, 0.05) is 19.6 Å². The molecule has 0 amide bonds. The highest BCUT2D eigenvalue weighted by atomic mass is 35.5. The molecule has 19 heavy (non-hydrogen) atoms. The zero-order valence-electron chi connectivity index (χ0n) is 10.6. The molecule has 0 aliphatic carbocycles. The second-order valence-electron chi connectivity index (χ2n) is 4.62. The van der Waals surface area contributed by atoms with Crippen molar-refractivity contribution >= 4 is 30.8 Å². The number of likely N-dealkylation sites (tertiary alicyclic amines) is 1. The highest BCUT2D eigenvalue weighted by Crippen LogP contribution is 2.24. The Morgan fingerprint density at radius 1 is 1.26 bits per heavy atom. The molecule has 3 N–H and O–H groups in total. The van der Waals surface area contributed by atoms with E-state index in [1.807, 2.05) is 18.2 Å². The lowest BCUT2D eigenvalue weighted by atomic mass is 9.97. The summed E-state index contributed by atoms with van der Waals surface area (Å²) in [6.45, 7) is 2.64. The molecule has 0 bridgehead atoms. The Balaban J connectivity index is 0.00000162. The number of aliphatic carboxylic acids is 1. The Kier molecular flexibility index (Phi) is 8.02. The molecule has 0 aromatic heterocycles. The van der Waals surface area contributed by atoms with Gasteiger partial charge in [-0.1, -0.05) is 30.3 Å². The van der Waals surface area contributed by atoms with Crippen LogP contribution in [0.3, 0.4) is 0 Å². The minimum absolute atomic E-state index is 0. The van der Waals surface area contributed by atoms with E-state index in [1.54, 1.807) is 0 Å². The maximum absolute atomic E-state index is 11.1. The average molecular weight is 307 g/mol. The molecule has 4 nitrogen and oxygen atoms in total. The van der Waals surface area contributed by atoms with Gasteiger partial charge in [0.25, 0.3) is 0 Å². The van der Waals surface area contributed by atoms with E-state index in [0.29, 0.717) is 13.1 Å². The minimum Gasteiger partial charge on any atom is -0.481 e. The van der Waals surface area contributed by atoms with Gasteiger partial charge in [-0.15, -0.1) is 24.8 Å². The van der Waals surface area contributed by atoms with Crippen molar-refractivity contribution < 1.29 is 9.90 Å². The van der Waals surface area contributed by atoms with Crippen LogP contribution in [0, 0.1) is 11.8 Å². The smallest absolute Gasteiger partial charge is 0.308 e. The molecule has 1 fully saturated rings. The van der Waals surface area contributed by atoms with E-state index in [2.05, 4.69) is 17.0 Å². The second-order valence-corrected chi connectivity index (χ2v) is 4.62. The van der Waals surface area contributed by atoms with Crippen LogP contribution >= 0.6 is 24.8 Å². The van der Waals surface area contributed by atoms with Crippen molar-refractivity contribution in [3.63, 3.8) is 0 Å². The van der Waals surface area contributed by atoms with E-state index in [0.717, 1.165) is 13.1 Å². The van der Waals surface area contributed by atoms with E-state index in [-0.39, 0.29) is 36.6 Å². The fourth-order valence-corrected chi connectivity index (χ4v) is 2.45. The Morgan fingerprint density at radius 3 is 2.37 bits per heavy atom. The highest BCUT2D eigenvalue weighted by Gasteiger charge is 2.36. The van der Waals surface area contributed by atoms with Gasteiger partial charge in [0.2, 0.25) is 0 Å². The SMILES string of the molecule is Cl.Cl.NC[C@H]1CN(Cc2ccccc2)C[C@@H]1C(=O)O. The summed E-state index contributed by atoms with van der Waals surface area (Å²) in [5.74, 6) is -0.962. The first-order valence-electron chi connectivity index (χ1n) is 5.90. The van der Waals surface area contributed by atoms with E-state index < -0.39 is 5.97 Å². The van der Waals surface area contributed by atoms with Crippen LogP contribution in [0.5, 0.6) is 0 Å². The predicted octanol–water partition coefficient (Wildman–Crippen LogP) is 1.62. The van der Waals surface area contributed by atoms with Crippen LogP contribution < -0.4 is 5.73 Å². The number of nitrogens with two attached hydrogens (primary N) is 1. The normalized spacial score (nSPS) is 22.4. The number of halogens is 2. The van der Waals surface area contributed by atoms with Gasteiger partial charge in [0.1, 0.15) is 0 Å². The lowest BCUT2D eigenvalue weighted by molar-refractivity contribution is -0.142. The molecule has 1 aromatic carbocycles. The first-order chi connectivity index (χ1) is 8.20. The van der Waals surface area contributed by atoms with Gasteiger partial charge in [-0.25, -0.2) is 0 Å². The highest BCUT2D eigenvalue weighted by molar-refractivity contribution is 5.85. The van der Waals surface area contributed by atoms with E-state index in [1.165, 1.54) is 5.56 Å². The van der Waals surface area contributed by atoms with Gasteiger partial charge in [-0.2, -0.15) is 0 Å². The van der Waals surface area contributed by atoms with Gasteiger partial charge in [-0.05, 0) is 18.0 Å². The van der Waals surface area contributed by atoms with Crippen molar-refractivity contribution in [3.8, 4) is 0 Å². The number of carboxylic acids is 1. The molecule has 108 valence electrons. The molecular weight excluding hydrogens is 287 g/mol. The van der Waals surface area contributed by atoms with Crippen LogP contribution in [0.1, 0.15) is 5.56 Å². The zero-order valence-corrected chi connectivity index (χ0v) is 12.2. The molecule has 1 aliphatic rings. The molecule has 1 saturated heterocycles. The van der Waals surface area contributed by atoms with E-state index in [9.17, 15) is 4.79 Å². The molecular formula is C13H20Cl2N2O2. The van der Waals surface area contributed by atoms with Crippen molar-refractivity contribution in [1.82, 2.24) is 4.90 Å². The molecule has 0 radical (unpaired) electrons. The first kappa shape index (κ1) is 18.2. The number of nitrogens with zero attached hydrogens (tertiary/aromatic N) is 1. The monoisotopic (exact) mass is 306 g/mol. The largest absolute Gasteiger partial charge is 0.481 e. The van der Waals surface area contributed by atoms with E-state index >= 15 is 0 Å².